The molecule has 1 saturated heterocycles. The summed E-state index contributed by atoms with van der Waals surface area (Å²) in [6.07, 6.45) is 1.63. The lowest BCUT2D eigenvalue weighted by molar-refractivity contribution is -0.385. The van der Waals surface area contributed by atoms with Gasteiger partial charge in [0.05, 0.1) is 22.1 Å². The molecule has 1 fully saturated rings. The fraction of sp³-hybridized carbons (Fsp3) is 0.250. The van der Waals surface area contributed by atoms with Gasteiger partial charge in [0.2, 0.25) is 0 Å². The maximum absolute atomic E-state index is 12.5. The summed E-state index contributed by atoms with van der Waals surface area (Å²) in [5.74, 6) is -0.410. The molecule has 1 aliphatic heterocycles. The Hall–Kier alpha value is -4.38. The number of carbonyl (C=O) groups is 1. The summed E-state index contributed by atoms with van der Waals surface area (Å²) in [5.41, 5.74) is 2.14. The molecule has 180 valence electrons. The maximum atomic E-state index is 12.5. The lowest BCUT2D eigenvalue weighted by Crippen LogP contribution is -2.46. The van der Waals surface area contributed by atoms with Gasteiger partial charge in [0, 0.05) is 62.7 Å². The Balaban J connectivity index is 1.40. The standard InChI is InChI=1S/C24H24N6O5/c31-24(26-16-20-5-1-2-9-25-20)19-7-8-22(23(15-19)30(34)35)28-12-10-27(11-13-28)17-18-4-3-6-21(14-18)29(32)33/h1-9,14-15H,10-13,16-17H2,(H,26,31). The smallest absolute Gasteiger partial charge is 0.293 e. The largest absolute Gasteiger partial charge is 0.363 e. The molecule has 0 radical (unpaired) electrons. The molecular weight excluding hydrogens is 452 g/mol. The highest BCUT2D eigenvalue weighted by Crippen LogP contribution is 2.30. The second-order valence-electron chi connectivity index (χ2n) is 8.15. The summed E-state index contributed by atoms with van der Waals surface area (Å²) >= 11 is 0. The number of nitro groups is 2. The zero-order valence-corrected chi connectivity index (χ0v) is 18.9. The summed E-state index contributed by atoms with van der Waals surface area (Å²) in [7, 11) is 0. The molecule has 0 atom stereocenters. The van der Waals surface area contributed by atoms with Crippen LogP contribution in [-0.4, -0.2) is 51.8 Å². The number of non-ortho nitro benzene ring substituents is 1. The number of carbonyl (C=O) groups excluding carboxylic acids is 1. The van der Waals surface area contributed by atoms with E-state index in [0.29, 0.717) is 44.1 Å². The molecule has 0 spiro atoms. The number of nitro benzene ring substituents is 2. The number of pyridine rings is 1. The number of amides is 1. The first-order valence-corrected chi connectivity index (χ1v) is 11.1. The summed E-state index contributed by atoms with van der Waals surface area (Å²) in [4.78, 5) is 42.7. The number of nitrogens with one attached hydrogen (secondary N) is 1. The fourth-order valence-corrected chi connectivity index (χ4v) is 4.03. The van der Waals surface area contributed by atoms with Crippen molar-refractivity contribution in [2.45, 2.75) is 13.1 Å². The van der Waals surface area contributed by atoms with Crippen LogP contribution in [0, 0.1) is 20.2 Å². The maximum Gasteiger partial charge on any atom is 0.293 e. The Morgan fingerprint density at radius 1 is 0.943 bits per heavy atom. The van der Waals surface area contributed by atoms with Crippen LogP contribution in [0.25, 0.3) is 0 Å². The Morgan fingerprint density at radius 3 is 2.43 bits per heavy atom. The number of hydrogen-bond donors (Lipinski definition) is 1. The van der Waals surface area contributed by atoms with Crippen LogP contribution in [0.4, 0.5) is 17.1 Å². The molecule has 0 bridgehead atoms. The van der Waals surface area contributed by atoms with Gasteiger partial charge in [-0.15, -0.1) is 0 Å². The number of rotatable bonds is 8. The van der Waals surface area contributed by atoms with Crippen molar-refractivity contribution in [1.82, 2.24) is 15.2 Å². The summed E-state index contributed by atoms with van der Waals surface area (Å²) in [6, 6.07) is 16.4. The van der Waals surface area contributed by atoms with Crippen molar-refractivity contribution in [3.63, 3.8) is 0 Å². The fourth-order valence-electron chi connectivity index (χ4n) is 4.03. The van der Waals surface area contributed by atoms with Crippen molar-refractivity contribution < 1.29 is 14.6 Å². The minimum atomic E-state index is -0.472. The molecule has 3 aromatic rings. The second kappa shape index (κ2) is 10.7. The average Bonchev–Trinajstić information content (AvgIpc) is 2.88. The van der Waals surface area contributed by atoms with Crippen molar-refractivity contribution in [2.24, 2.45) is 0 Å². The van der Waals surface area contributed by atoms with Gasteiger partial charge in [0.1, 0.15) is 5.69 Å². The van der Waals surface area contributed by atoms with Crippen molar-refractivity contribution in [3.8, 4) is 0 Å². The third-order valence-corrected chi connectivity index (χ3v) is 5.83. The van der Waals surface area contributed by atoms with Crippen LogP contribution in [0.5, 0.6) is 0 Å². The predicted octanol–water partition coefficient (Wildman–Crippen LogP) is 3.15. The Labute approximate surface area is 201 Å². The van der Waals surface area contributed by atoms with Gasteiger partial charge >= 0.3 is 0 Å². The number of anilines is 1. The number of nitrogens with zero attached hydrogens (tertiary/aromatic N) is 5. The normalized spacial score (nSPS) is 13.9. The molecule has 11 heteroatoms. The quantitative estimate of drug-likeness (QED) is 0.387. The molecule has 2 heterocycles. The van der Waals surface area contributed by atoms with Crippen molar-refractivity contribution in [3.05, 3.63) is 104 Å². The molecule has 1 aliphatic rings. The lowest BCUT2D eigenvalue weighted by Gasteiger charge is -2.35. The molecule has 4 rings (SSSR count). The van der Waals surface area contributed by atoms with Crippen LogP contribution in [0.1, 0.15) is 21.6 Å². The van der Waals surface area contributed by atoms with Crippen molar-refractivity contribution in [1.29, 1.82) is 0 Å². The second-order valence-corrected chi connectivity index (χ2v) is 8.15. The molecule has 1 amide bonds. The van der Waals surface area contributed by atoms with E-state index in [9.17, 15) is 25.0 Å². The molecule has 0 aliphatic carbocycles. The van der Waals surface area contributed by atoms with E-state index in [-0.39, 0.29) is 23.5 Å². The first-order chi connectivity index (χ1) is 16.9. The molecule has 11 nitrogen and oxygen atoms in total. The predicted molar refractivity (Wildman–Crippen MR) is 129 cm³/mol. The van der Waals surface area contributed by atoms with E-state index in [1.54, 1.807) is 42.6 Å². The van der Waals surface area contributed by atoms with Crippen LogP contribution in [-0.2, 0) is 13.1 Å². The van der Waals surface area contributed by atoms with Crippen LogP contribution in [0.15, 0.2) is 66.9 Å². The number of benzene rings is 2. The summed E-state index contributed by atoms with van der Waals surface area (Å²) in [6.45, 7) is 3.19. The van der Waals surface area contributed by atoms with E-state index in [2.05, 4.69) is 15.2 Å². The Bertz CT molecular complexity index is 1230. The first-order valence-electron chi connectivity index (χ1n) is 11.1. The van der Waals surface area contributed by atoms with Gasteiger partial charge in [-0.25, -0.2) is 0 Å². The van der Waals surface area contributed by atoms with Crippen LogP contribution < -0.4 is 10.2 Å². The highest BCUT2D eigenvalue weighted by molar-refractivity contribution is 5.95. The van der Waals surface area contributed by atoms with Gasteiger partial charge in [-0.2, -0.15) is 0 Å². The van der Waals surface area contributed by atoms with Crippen LogP contribution in [0.2, 0.25) is 0 Å². The van der Waals surface area contributed by atoms with E-state index in [4.69, 9.17) is 0 Å². The molecule has 35 heavy (non-hydrogen) atoms. The minimum Gasteiger partial charge on any atom is -0.363 e. The van der Waals surface area contributed by atoms with Gasteiger partial charge in [0.15, 0.2) is 0 Å². The first kappa shape index (κ1) is 23.8. The highest BCUT2D eigenvalue weighted by Gasteiger charge is 2.25. The van der Waals surface area contributed by atoms with E-state index in [1.807, 2.05) is 17.0 Å². The topological polar surface area (TPSA) is 135 Å². The molecular formula is C24H24N6O5. The van der Waals surface area contributed by atoms with E-state index >= 15 is 0 Å². The van der Waals surface area contributed by atoms with E-state index in [1.165, 1.54) is 12.1 Å². The van der Waals surface area contributed by atoms with Gasteiger partial charge in [-0.3, -0.25) is 34.9 Å². The zero-order valence-electron chi connectivity index (χ0n) is 18.9. The van der Waals surface area contributed by atoms with Crippen LogP contribution in [0.3, 0.4) is 0 Å². The third-order valence-electron chi connectivity index (χ3n) is 5.83. The van der Waals surface area contributed by atoms with Crippen molar-refractivity contribution in [2.75, 3.05) is 31.1 Å². The summed E-state index contributed by atoms with van der Waals surface area (Å²) < 4.78 is 0. The summed E-state index contributed by atoms with van der Waals surface area (Å²) in [5, 5.41) is 25.5. The molecule has 2 aromatic carbocycles. The van der Waals surface area contributed by atoms with E-state index in [0.717, 1.165) is 5.56 Å². The number of hydrogen-bond acceptors (Lipinski definition) is 8. The Kier molecular flexibility index (Phi) is 7.27. The average molecular weight is 476 g/mol. The van der Waals surface area contributed by atoms with Gasteiger partial charge < -0.3 is 10.2 Å². The molecule has 0 saturated carbocycles. The van der Waals surface area contributed by atoms with Gasteiger partial charge in [-0.05, 0) is 29.8 Å². The number of aromatic nitrogens is 1. The SMILES string of the molecule is O=C(NCc1ccccn1)c1ccc(N2CCN(Cc3cccc([N+](=O)[O-])c3)CC2)c([N+](=O)[O-])c1. The van der Waals surface area contributed by atoms with Crippen LogP contribution >= 0.6 is 0 Å². The Morgan fingerprint density at radius 2 is 1.74 bits per heavy atom. The monoisotopic (exact) mass is 476 g/mol. The third kappa shape index (κ3) is 5.95. The minimum absolute atomic E-state index is 0.0564. The van der Waals surface area contributed by atoms with Gasteiger partial charge in [-0.1, -0.05) is 18.2 Å². The lowest BCUT2D eigenvalue weighted by atomic mass is 10.1. The molecule has 1 aromatic heterocycles. The molecule has 1 N–H and O–H groups in total. The van der Waals surface area contributed by atoms with Gasteiger partial charge in [0.25, 0.3) is 17.3 Å². The number of piperazine rings is 1. The van der Waals surface area contributed by atoms with E-state index < -0.39 is 15.8 Å². The highest BCUT2D eigenvalue weighted by atomic mass is 16.6. The molecule has 0 unspecified atom stereocenters. The van der Waals surface area contributed by atoms with Crippen molar-refractivity contribution >= 4 is 23.0 Å². The zero-order chi connectivity index (χ0) is 24.8.